The van der Waals surface area contributed by atoms with Crippen LogP contribution in [0.5, 0.6) is 0 Å². The fourth-order valence-electron chi connectivity index (χ4n) is 2.81. The maximum Gasteiger partial charge on any atom is 0.0970 e. The van der Waals surface area contributed by atoms with E-state index in [2.05, 4.69) is 66.0 Å². The molecule has 1 heterocycles. The lowest BCUT2D eigenvalue weighted by Gasteiger charge is -2.22. The van der Waals surface area contributed by atoms with Gasteiger partial charge in [0.15, 0.2) is 0 Å². The molecule has 0 atom stereocenters. The van der Waals surface area contributed by atoms with Crippen LogP contribution in [0.4, 0.5) is 0 Å². The molecule has 2 aromatic rings. The molecular formula is C19H22N2. The van der Waals surface area contributed by atoms with E-state index in [1.54, 1.807) is 0 Å². The van der Waals surface area contributed by atoms with Crippen molar-refractivity contribution >= 4 is 5.84 Å². The first-order valence-corrected chi connectivity index (χ1v) is 7.83. The minimum atomic E-state index is 0.184. The lowest BCUT2D eigenvalue weighted by molar-refractivity contribution is 0.717. The van der Waals surface area contributed by atoms with Crippen molar-refractivity contribution in [1.82, 2.24) is 5.32 Å². The largest absolute Gasteiger partial charge is 0.363 e. The van der Waals surface area contributed by atoms with Crippen LogP contribution in [0, 0.1) is 0 Å². The van der Waals surface area contributed by atoms with Gasteiger partial charge in [-0.15, -0.1) is 0 Å². The first-order chi connectivity index (χ1) is 10.4. The number of amidine groups is 1. The van der Waals surface area contributed by atoms with E-state index in [1.807, 2.05) is 0 Å². The van der Waals surface area contributed by atoms with Gasteiger partial charge in [0.1, 0.15) is 0 Å². The van der Waals surface area contributed by atoms with Crippen LogP contribution >= 0.6 is 0 Å². The average Bonchev–Trinajstić information content (AvgIpc) is 2.83. The van der Waals surface area contributed by atoms with Gasteiger partial charge in [0.05, 0.1) is 11.9 Å². The summed E-state index contributed by atoms with van der Waals surface area (Å²) in [7, 11) is 0. The van der Waals surface area contributed by atoms with Gasteiger partial charge >= 0.3 is 0 Å². The van der Waals surface area contributed by atoms with Crippen LogP contribution in [0.15, 0.2) is 65.7 Å². The number of benzene rings is 2. The lowest BCUT2D eigenvalue weighted by Crippen LogP contribution is -2.29. The molecule has 0 unspecified atom stereocenters. The van der Waals surface area contributed by atoms with Gasteiger partial charge in [-0.05, 0) is 24.0 Å². The van der Waals surface area contributed by atoms with E-state index in [4.69, 9.17) is 4.99 Å². The number of nitrogens with one attached hydrogen (secondary N) is 1. The highest BCUT2D eigenvalue weighted by molar-refractivity contribution is 5.83. The Balaban J connectivity index is 1.87. The minimum absolute atomic E-state index is 0.184. The van der Waals surface area contributed by atoms with Gasteiger partial charge in [0.25, 0.3) is 0 Å². The summed E-state index contributed by atoms with van der Waals surface area (Å²) in [5, 5.41) is 3.68. The van der Waals surface area contributed by atoms with Crippen molar-refractivity contribution in [1.29, 1.82) is 0 Å². The molecule has 0 aliphatic carbocycles. The van der Waals surface area contributed by atoms with Crippen molar-refractivity contribution in [3.05, 3.63) is 71.8 Å². The van der Waals surface area contributed by atoms with Crippen molar-refractivity contribution in [2.45, 2.75) is 31.7 Å². The Morgan fingerprint density at radius 1 is 0.762 bits per heavy atom. The molecule has 2 nitrogen and oxygen atoms in total. The minimum Gasteiger partial charge on any atom is -0.363 e. The number of aliphatic imine (C=N–C) groups is 1. The van der Waals surface area contributed by atoms with Crippen molar-refractivity contribution in [3.8, 4) is 0 Å². The smallest absolute Gasteiger partial charge is 0.0970 e. The van der Waals surface area contributed by atoms with Gasteiger partial charge in [0, 0.05) is 13.0 Å². The van der Waals surface area contributed by atoms with E-state index >= 15 is 0 Å². The number of rotatable bonds is 3. The third-order valence-corrected chi connectivity index (χ3v) is 3.95. The van der Waals surface area contributed by atoms with Gasteiger partial charge < -0.3 is 5.32 Å². The highest BCUT2D eigenvalue weighted by Gasteiger charge is 2.15. The van der Waals surface area contributed by atoms with Crippen molar-refractivity contribution in [3.63, 3.8) is 0 Å². The molecule has 0 radical (unpaired) electrons. The standard InChI is InChI=1S/C19H22N2/c1-4-10-16(11-5-1)19(17-12-6-2-7-13-17)21-18-14-8-3-9-15-20-18/h1-2,4-7,10-13,19H,3,8-9,14-15H2,(H,20,21). The molecule has 0 bridgehead atoms. The fraction of sp³-hybridized carbons (Fsp3) is 0.316. The quantitative estimate of drug-likeness (QED) is 0.887. The fourth-order valence-corrected chi connectivity index (χ4v) is 2.81. The van der Waals surface area contributed by atoms with Crippen LogP contribution in [0.25, 0.3) is 0 Å². The van der Waals surface area contributed by atoms with Crippen LogP contribution < -0.4 is 5.32 Å². The summed E-state index contributed by atoms with van der Waals surface area (Å²) in [5.74, 6) is 1.16. The zero-order valence-corrected chi connectivity index (χ0v) is 12.3. The topological polar surface area (TPSA) is 24.4 Å². The molecule has 0 saturated heterocycles. The van der Waals surface area contributed by atoms with Crippen molar-refractivity contribution < 1.29 is 0 Å². The summed E-state index contributed by atoms with van der Waals surface area (Å²) in [6, 6.07) is 21.4. The average molecular weight is 278 g/mol. The Morgan fingerprint density at radius 2 is 1.38 bits per heavy atom. The number of hydrogen-bond acceptors (Lipinski definition) is 2. The summed E-state index contributed by atoms with van der Waals surface area (Å²) in [5.41, 5.74) is 2.58. The van der Waals surface area contributed by atoms with Crippen molar-refractivity contribution in [2.75, 3.05) is 6.54 Å². The van der Waals surface area contributed by atoms with E-state index in [9.17, 15) is 0 Å². The number of hydrogen-bond donors (Lipinski definition) is 1. The zero-order chi connectivity index (χ0) is 14.3. The molecule has 2 aromatic carbocycles. The highest BCUT2D eigenvalue weighted by Crippen LogP contribution is 2.22. The van der Waals surface area contributed by atoms with Crippen LogP contribution in [0.2, 0.25) is 0 Å². The molecule has 0 spiro atoms. The maximum absolute atomic E-state index is 4.72. The second-order valence-electron chi connectivity index (χ2n) is 5.54. The van der Waals surface area contributed by atoms with Gasteiger partial charge in [-0.1, -0.05) is 67.1 Å². The third kappa shape index (κ3) is 3.72. The SMILES string of the molecule is c1ccc(C(NC2=NCCCCC2)c2ccccc2)cc1. The van der Waals surface area contributed by atoms with Crippen molar-refractivity contribution in [2.24, 2.45) is 4.99 Å². The second-order valence-corrected chi connectivity index (χ2v) is 5.54. The van der Waals surface area contributed by atoms with E-state index in [1.165, 1.54) is 30.4 Å². The summed E-state index contributed by atoms with van der Waals surface area (Å²) < 4.78 is 0. The predicted octanol–water partition coefficient (Wildman–Crippen LogP) is 4.34. The van der Waals surface area contributed by atoms with Gasteiger partial charge in [0.2, 0.25) is 0 Å². The van der Waals surface area contributed by atoms with Crippen LogP contribution in [0.3, 0.4) is 0 Å². The van der Waals surface area contributed by atoms with E-state index in [0.29, 0.717) is 0 Å². The molecule has 0 amide bonds. The van der Waals surface area contributed by atoms with E-state index < -0.39 is 0 Å². The first kappa shape index (κ1) is 13.9. The molecule has 1 N–H and O–H groups in total. The lowest BCUT2D eigenvalue weighted by atomic mass is 9.98. The second kappa shape index (κ2) is 7.07. The molecule has 21 heavy (non-hydrogen) atoms. The Hall–Kier alpha value is -2.09. The maximum atomic E-state index is 4.72. The molecular weight excluding hydrogens is 256 g/mol. The highest BCUT2D eigenvalue weighted by atomic mass is 15.0. The summed E-state index contributed by atoms with van der Waals surface area (Å²) >= 11 is 0. The Labute approximate surface area is 126 Å². The van der Waals surface area contributed by atoms with Gasteiger partial charge in [-0.25, -0.2) is 0 Å². The van der Waals surface area contributed by atoms with Crippen LogP contribution in [0.1, 0.15) is 42.9 Å². The van der Waals surface area contributed by atoms with E-state index in [-0.39, 0.29) is 6.04 Å². The summed E-state index contributed by atoms with van der Waals surface area (Å²) in [6.07, 6.45) is 4.81. The molecule has 1 aliphatic heterocycles. The Morgan fingerprint density at radius 3 is 2.00 bits per heavy atom. The third-order valence-electron chi connectivity index (χ3n) is 3.95. The Kier molecular flexibility index (Phi) is 4.67. The molecule has 2 heteroatoms. The predicted molar refractivity (Wildman–Crippen MR) is 88.6 cm³/mol. The molecule has 0 aromatic heterocycles. The summed E-state index contributed by atoms with van der Waals surface area (Å²) in [6.45, 7) is 0.957. The first-order valence-electron chi connectivity index (χ1n) is 7.83. The van der Waals surface area contributed by atoms with Gasteiger partial charge in [-0.2, -0.15) is 0 Å². The summed E-state index contributed by atoms with van der Waals surface area (Å²) in [4.78, 5) is 4.72. The van der Waals surface area contributed by atoms with E-state index in [0.717, 1.165) is 18.8 Å². The molecule has 0 saturated carbocycles. The number of nitrogens with zero attached hydrogens (tertiary/aromatic N) is 1. The monoisotopic (exact) mass is 278 g/mol. The van der Waals surface area contributed by atoms with Crippen LogP contribution in [-0.4, -0.2) is 12.4 Å². The molecule has 108 valence electrons. The Bertz CT molecular complexity index is 536. The molecule has 1 aliphatic rings. The molecule has 0 fully saturated rings. The molecule has 3 rings (SSSR count). The van der Waals surface area contributed by atoms with Gasteiger partial charge in [-0.3, -0.25) is 4.99 Å². The normalized spacial score (nSPS) is 15.4. The van der Waals surface area contributed by atoms with Crippen LogP contribution in [-0.2, 0) is 0 Å². The zero-order valence-electron chi connectivity index (χ0n) is 12.3.